The molecule has 0 heteroatoms. The van der Waals surface area contributed by atoms with Gasteiger partial charge in [-0.1, -0.05) is 11.6 Å². The van der Waals surface area contributed by atoms with Crippen molar-refractivity contribution < 1.29 is 0 Å². The van der Waals surface area contributed by atoms with Crippen LogP contribution in [0.2, 0.25) is 0 Å². The molecule has 0 saturated carbocycles. The van der Waals surface area contributed by atoms with E-state index in [0.717, 1.165) is 38.5 Å². The lowest BCUT2D eigenvalue weighted by molar-refractivity contribution is 0.358. The van der Waals surface area contributed by atoms with Crippen molar-refractivity contribution in [3.63, 3.8) is 0 Å². The van der Waals surface area contributed by atoms with Gasteiger partial charge in [-0.05, 0) is 52.4 Å². The van der Waals surface area contributed by atoms with Crippen molar-refractivity contribution in [3.05, 3.63) is 24.8 Å². The third-order valence-electron chi connectivity index (χ3n) is 2.82. The molecule has 0 aliphatic rings. The Hall–Kier alpha value is -0.960. The molecule has 0 aromatic heterocycles. The summed E-state index contributed by atoms with van der Waals surface area (Å²) in [5, 5.41) is 0. The fourth-order valence-electron chi connectivity index (χ4n) is 1.69. The highest BCUT2D eigenvalue weighted by Gasteiger charge is 2.19. The van der Waals surface area contributed by atoms with Crippen molar-refractivity contribution in [1.82, 2.24) is 0 Å². The first-order valence-electron chi connectivity index (χ1n) is 5.77. The summed E-state index contributed by atoms with van der Waals surface area (Å²) in [6.45, 7) is 11.9. The number of rotatable bonds is 8. The molecule has 0 rings (SSSR count). The van der Waals surface area contributed by atoms with Crippen molar-refractivity contribution in [1.29, 1.82) is 0 Å². The molecule has 0 radical (unpaired) electrons. The van der Waals surface area contributed by atoms with E-state index in [2.05, 4.69) is 32.9 Å². The molecule has 0 aromatic carbocycles. The van der Waals surface area contributed by atoms with Gasteiger partial charge < -0.3 is 0 Å². The molecule has 0 amide bonds. The molecule has 0 heterocycles. The summed E-state index contributed by atoms with van der Waals surface area (Å²) in [5.74, 6) is 2.95. The molecular formula is C15H24. The molecule has 0 unspecified atom stereocenters. The van der Waals surface area contributed by atoms with Gasteiger partial charge in [0.2, 0.25) is 0 Å². The lowest BCUT2D eigenvalue weighted by Gasteiger charge is -2.23. The van der Waals surface area contributed by atoms with Crippen LogP contribution in [0.4, 0.5) is 0 Å². The molecule has 0 saturated heterocycles. The van der Waals surface area contributed by atoms with E-state index >= 15 is 0 Å². The Balaban J connectivity index is 3.91. The molecule has 0 fully saturated rings. The average molecular weight is 204 g/mol. The maximum atomic E-state index is 5.61. The molecule has 0 aliphatic heterocycles. The van der Waals surface area contributed by atoms with Gasteiger partial charge in [0.1, 0.15) is 0 Å². The minimum Gasteiger partial charge on any atom is -0.120 e. The van der Waals surface area contributed by atoms with Crippen LogP contribution in [0.3, 0.4) is 0 Å². The molecule has 0 aromatic rings. The molecule has 15 heavy (non-hydrogen) atoms. The van der Waals surface area contributed by atoms with Crippen LogP contribution in [0.15, 0.2) is 24.8 Å². The Bertz CT molecular complexity index is 241. The fraction of sp³-hybridized carbons (Fsp3) is 0.600. The summed E-state index contributed by atoms with van der Waals surface area (Å²) in [6, 6.07) is 0. The van der Waals surface area contributed by atoms with E-state index in [0.29, 0.717) is 0 Å². The standard InChI is InChI=1S/C15H24/c1-6-8-9-12-15(5,7-2)13-10-11-14(3)4/h2,6H,1,3,8-13H2,4-5H3/t15-/m0/s1. The van der Waals surface area contributed by atoms with Gasteiger partial charge in [0.15, 0.2) is 0 Å². The van der Waals surface area contributed by atoms with Crippen LogP contribution >= 0.6 is 0 Å². The van der Waals surface area contributed by atoms with E-state index in [-0.39, 0.29) is 5.41 Å². The summed E-state index contributed by atoms with van der Waals surface area (Å²) in [5.41, 5.74) is 1.32. The predicted molar refractivity (Wildman–Crippen MR) is 69.7 cm³/mol. The zero-order valence-corrected chi connectivity index (χ0v) is 10.3. The number of hydrogen-bond donors (Lipinski definition) is 0. The van der Waals surface area contributed by atoms with Crippen LogP contribution in [0.5, 0.6) is 0 Å². The van der Waals surface area contributed by atoms with Crippen molar-refractivity contribution in [2.45, 2.75) is 52.4 Å². The summed E-state index contributed by atoms with van der Waals surface area (Å²) in [6.07, 6.45) is 14.2. The lowest BCUT2D eigenvalue weighted by atomic mass is 9.81. The van der Waals surface area contributed by atoms with Crippen molar-refractivity contribution >= 4 is 0 Å². The van der Waals surface area contributed by atoms with Crippen LogP contribution < -0.4 is 0 Å². The third kappa shape index (κ3) is 7.03. The first-order chi connectivity index (χ1) is 7.04. The highest BCUT2D eigenvalue weighted by atomic mass is 14.2. The van der Waals surface area contributed by atoms with Crippen LogP contribution in [0.25, 0.3) is 0 Å². The van der Waals surface area contributed by atoms with E-state index in [1.54, 1.807) is 0 Å². The van der Waals surface area contributed by atoms with Gasteiger partial charge in [0, 0.05) is 5.41 Å². The van der Waals surface area contributed by atoms with Crippen LogP contribution in [-0.4, -0.2) is 0 Å². The van der Waals surface area contributed by atoms with Crippen molar-refractivity contribution in [3.8, 4) is 12.3 Å². The predicted octanol–water partition coefficient (Wildman–Crippen LogP) is 4.73. The van der Waals surface area contributed by atoms with E-state index in [4.69, 9.17) is 6.42 Å². The summed E-state index contributed by atoms with van der Waals surface area (Å²) >= 11 is 0. The second kappa shape index (κ2) is 7.35. The second-order valence-electron chi connectivity index (χ2n) is 4.70. The maximum Gasteiger partial charge on any atom is 0.0284 e. The van der Waals surface area contributed by atoms with Gasteiger partial charge in [0.25, 0.3) is 0 Å². The average Bonchev–Trinajstić information content (AvgIpc) is 2.18. The third-order valence-corrected chi connectivity index (χ3v) is 2.82. The number of hydrogen-bond acceptors (Lipinski definition) is 0. The van der Waals surface area contributed by atoms with Gasteiger partial charge >= 0.3 is 0 Å². The summed E-state index contributed by atoms with van der Waals surface area (Å²) in [7, 11) is 0. The van der Waals surface area contributed by atoms with Gasteiger partial charge in [-0.2, -0.15) is 0 Å². The molecule has 0 spiro atoms. The van der Waals surface area contributed by atoms with Gasteiger partial charge in [0.05, 0.1) is 0 Å². The zero-order chi connectivity index (χ0) is 11.7. The monoisotopic (exact) mass is 204 g/mol. The van der Waals surface area contributed by atoms with Crippen LogP contribution in [-0.2, 0) is 0 Å². The van der Waals surface area contributed by atoms with Gasteiger partial charge in [-0.15, -0.1) is 25.5 Å². The highest BCUT2D eigenvalue weighted by Crippen LogP contribution is 2.30. The zero-order valence-electron chi connectivity index (χ0n) is 10.3. The molecule has 0 bridgehead atoms. The Labute approximate surface area is 95.5 Å². The number of unbranched alkanes of at least 4 members (excludes halogenated alkanes) is 1. The molecule has 0 aliphatic carbocycles. The lowest BCUT2D eigenvalue weighted by Crippen LogP contribution is -2.13. The van der Waals surface area contributed by atoms with Crippen molar-refractivity contribution in [2.24, 2.45) is 5.41 Å². The maximum absolute atomic E-state index is 5.61. The quantitative estimate of drug-likeness (QED) is 0.305. The topological polar surface area (TPSA) is 0 Å². The first-order valence-corrected chi connectivity index (χ1v) is 5.77. The Morgan fingerprint density at radius 2 is 2.00 bits per heavy atom. The number of allylic oxidation sites excluding steroid dienone is 2. The second-order valence-corrected chi connectivity index (χ2v) is 4.70. The SMILES string of the molecule is C#C[C@@](C)(CCCC=C)CCCC(=C)C. The molecule has 84 valence electrons. The van der Waals surface area contributed by atoms with Gasteiger partial charge in [-0.25, -0.2) is 0 Å². The fourth-order valence-corrected chi connectivity index (χ4v) is 1.69. The van der Waals surface area contributed by atoms with Crippen LogP contribution in [0.1, 0.15) is 52.4 Å². The molecular weight excluding hydrogens is 180 g/mol. The smallest absolute Gasteiger partial charge is 0.0284 e. The minimum absolute atomic E-state index is 0.0679. The first kappa shape index (κ1) is 14.0. The van der Waals surface area contributed by atoms with Gasteiger partial charge in [-0.3, -0.25) is 0 Å². The molecule has 0 N–H and O–H groups in total. The molecule has 1 atom stereocenters. The molecule has 0 nitrogen and oxygen atoms in total. The largest absolute Gasteiger partial charge is 0.120 e. The van der Waals surface area contributed by atoms with Crippen molar-refractivity contribution in [2.75, 3.05) is 0 Å². The van der Waals surface area contributed by atoms with E-state index < -0.39 is 0 Å². The summed E-state index contributed by atoms with van der Waals surface area (Å²) in [4.78, 5) is 0. The Morgan fingerprint density at radius 3 is 2.47 bits per heavy atom. The van der Waals surface area contributed by atoms with E-state index in [9.17, 15) is 0 Å². The van der Waals surface area contributed by atoms with E-state index in [1.807, 2.05) is 6.08 Å². The van der Waals surface area contributed by atoms with Crippen LogP contribution in [0, 0.1) is 17.8 Å². The Morgan fingerprint density at radius 1 is 1.40 bits per heavy atom. The Kier molecular flexibility index (Phi) is 6.88. The number of terminal acetylenes is 1. The minimum atomic E-state index is 0.0679. The summed E-state index contributed by atoms with van der Waals surface area (Å²) < 4.78 is 0. The highest BCUT2D eigenvalue weighted by molar-refractivity contribution is 5.03. The normalized spacial score (nSPS) is 13.9. The van der Waals surface area contributed by atoms with E-state index in [1.165, 1.54) is 5.57 Å².